The molecule has 0 heterocycles. The predicted octanol–water partition coefficient (Wildman–Crippen LogP) is 2.86. The van der Waals surface area contributed by atoms with Gasteiger partial charge in [0.2, 0.25) is 0 Å². The lowest BCUT2D eigenvalue weighted by Crippen LogP contribution is -2.28. The predicted molar refractivity (Wildman–Crippen MR) is 83.9 cm³/mol. The van der Waals surface area contributed by atoms with Crippen LogP contribution in [0.5, 0.6) is 0 Å². The summed E-state index contributed by atoms with van der Waals surface area (Å²) in [6, 6.07) is 0. The Morgan fingerprint density at radius 2 is 1.10 bits per heavy atom. The summed E-state index contributed by atoms with van der Waals surface area (Å²) in [5.41, 5.74) is 0. The van der Waals surface area contributed by atoms with Gasteiger partial charge in [0.15, 0.2) is 0 Å². The highest BCUT2D eigenvalue weighted by Gasteiger charge is 2.19. The Kier molecular flexibility index (Phi) is 16.9. The van der Waals surface area contributed by atoms with E-state index < -0.39 is 0 Å². The standard InChI is InChI=1S/C12H26O.C4H10O3/c1-7-11(9(3)4)13-12(8-2)10(5)6;5-1-3-7-4-2-6/h9-12H,7-8H2,1-6H3;5-6H,1-4H2. The second-order valence-electron chi connectivity index (χ2n) is 5.58. The number of ether oxygens (including phenoxy) is 2. The summed E-state index contributed by atoms with van der Waals surface area (Å²) in [6.07, 6.45) is 3.13. The van der Waals surface area contributed by atoms with E-state index in [1.807, 2.05) is 0 Å². The van der Waals surface area contributed by atoms with Crippen LogP contribution >= 0.6 is 0 Å². The molecule has 0 bridgehead atoms. The molecule has 0 aliphatic rings. The monoisotopic (exact) mass is 292 g/mol. The molecule has 2 unspecified atom stereocenters. The maximum absolute atomic E-state index is 8.09. The van der Waals surface area contributed by atoms with E-state index in [1.165, 1.54) is 0 Å². The van der Waals surface area contributed by atoms with Gasteiger partial charge < -0.3 is 19.7 Å². The van der Waals surface area contributed by atoms with Crippen molar-refractivity contribution >= 4 is 0 Å². The zero-order valence-corrected chi connectivity index (χ0v) is 14.3. The van der Waals surface area contributed by atoms with Crippen LogP contribution in [0.25, 0.3) is 0 Å². The molecule has 0 aliphatic carbocycles. The average molecular weight is 292 g/mol. The van der Waals surface area contributed by atoms with Gasteiger partial charge in [-0.1, -0.05) is 41.5 Å². The quantitative estimate of drug-likeness (QED) is 0.608. The zero-order chi connectivity index (χ0) is 16.0. The first kappa shape index (κ1) is 22.1. The highest BCUT2D eigenvalue weighted by Crippen LogP contribution is 2.18. The van der Waals surface area contributed by atoms with E-state index in [2.05, 4.69) is 46.3 Å². The van der Waals surface area contributed by atoms with Crippen LogP contribution in [0.4, 0.5) is 0 Å². The zero-order valence-electron chi connectivity index (χ0n) is 14.3. The van der Waals surface area contributed by atoms with Gasteiger partial charge in [-0.05, 0) is 24.7 Å². The van der Waals surface area contributed by atoms with Crippen LogP contribution < -0.4 is 0 Å². The molecule has 0 aliphatic heterocycles. The van der Waals surface area contributed by atoms with Crippen LogP contribution in [0, 0.1) is 11.8 Å². The van der Waals surface area contributed by atoms with Gasteiger partial charge in [-0.2, -0.15) is 0 Å². The van der Waals surface area contributed by atoms with E-state index in [-0.39, 0.29) is 13.2 Å². The molecule has 2 N–H and O–H groups in total. The Morgan fingerprint density at radius 1 is 0.750 bits per heavy atom. The minimum absolute atomic E-state index is 0.0278. The SMILES string of the molecule is CCC(OC(CC)C(C)C)C(C)C.OCCOCCO. The van der Waals surface area contributed by atoms with Crippen molar-refractivity contribution in [1.82, 2.24) is 0 Å². The van der Waals surface area contributed by atoms with Crippen LogP contribution in [-0.2, 0) is 9.47 Å². The Balaban J connectivity index is 0. The lowest BCUT2D eigenvalue weighted by atomic mass is 10.0. The van der Waals surface area contributed by atoms with E-state index >= 15 is 0 Å². The molecule has 124 valence electrons. The minimum Gasteiger partial charge on any atom is -0.394 e. The fraction of sp³-hybridized carbons (Fsp3) is 1.00. The molecule has 0 rings (SSSR count). The highest BCUT2D eigenvalue weighted by atomic mass is 16.5. The molecule has 0 radical (unpaired) electrons. The van der Waals surface area contributed by atoms with Crippen molar-refractivity contribution in [2.45, 2.75) is 66.6 Å². The largest absolute Gasteiger partial charge is 0.394 e. The van der Waals surface area contributed by atoms with Crippen LogP contribution in [0.15, 0.2) is 0 Å². The van der Waals surface area contributed by atoms with Crippen molar-refractivity contribution in [2.75, 3.05) is 26.4 Å². The molecule has 0 aromatic carbocycles. The van der Waals surface area contributed by atoms with Gasteiger partial charge in [-0.25, -0.2) is 0 Å². The first-order valence-electron chi connectivity index (χ1n) is 7.89. The van der Waals surface area contributed by atoms with E-state index in [1.54, 1.807) is 0 Å². The topological polar surface area (TPSA) is 58.9 Å². The molecule has 4 nitrogen and oxygen atoms in total. The molecule has 0 saturated carbocycles. The summed E-state index contributed by atoms with van der Waals surface area (Å²) >= 11 is 0. The molecule has 0 amide bonds. The normalized spacial score (nSPS) is 14.1. The Labute approximate surface area is 125 Å². The van der Waals surface area contributed by atoms with Gasteiger partial charge in [-0.3, -0.25) is 0 Å². The molecule has 4 heteroatoms. The maximum Gasteiger partial charge on any atom is 0.0698 e. The number of rotatable bonds is 10. The first-order valence-corrected chi connectivity index (χ1v) is 7.89. The van der Waals surface area contributed by atoms with Gasteiger partial charge in [0, 0.05) is 0 Å². The summed E-state index contributed by atoms with van der Waals surface area (Å²) in [5, 5.41) is 16.2. The summed E-state index contributed by atoms with van der Waals surface area (Å²) in [6.45, 7) is 14.1. The van der Waals surface area contributed by atoms with Gasteiger partial charge in [-0.15, -0.1) is 0 Å². The van der Waals surface area contributed by atoms with Crippen molar-refractivity contribution in [3.63, 3.8) is 0 Å². The molecule has 2 atom stereocenters. The number of hydrogen-bond donors (Lipinski definition) is 2. The van der Waals surface area contributed by atoms with E-state index in [9.17, 15) is 0 Å². The van der Waals surface area contributed by atoms with E-state index in [4.69, 9.17) is 14.9 Å². The fourth-order valence-corrected chi connectivity index (χ4v) is 1.91. The highest BCUT2D eigenvalue weighted by molar-refractivity contribution is 4.66. The second-order valence-corrected chi connectivity index (χ2v) is 5.58. The fourth-order valence-electron chi connectivity index (χ4n) is 1.91. The third-order valence-electron chi connectivity index (χ3n) is 3.11. The lowest BCUT2D eigenvalue weighted by Gasteiger charge is -2.28. The van der Waals surface area contributed by atoms with Crippen molar-refractivity contribution in [1.29, 1.82) is 0 Å². The lowest BCUT2D eigenvalue weighted by molar-refractivity contribution is -0.0589. The minimum atomic E-state index is 0.0278. The third-order valence-corrected chi connectivity index (χ3v) is 3.11. The number of aliphatic hydroxyl groups is 2. The van der Waals surface area contributed by atoms with Gasteiger partial charge in [0.05, 0.1) is 38.6 Å². The van der Waals surface area contributed by atoms with Crippen LogP contribution in [-0.4, -0.2) is 48.8 Å². The second kappa shape index (κ2) is 15.2. The smallest absolute Gasteiger partial charge is 0.0698 e. The summed E-state index contributed by atoms with van der Waals surface area (Å²) < 4.78 is 10.7. The molecular formula is C16H36O4. The average Bonchev–Trinajstić information content (AvgIpc) is 2.40. The summed E-state index contributed by atoms with van der Waals surface area (Å²) in [7, 11) is 0. The van der Waals surface area contributed by atoms with E-state index in [0.29, 0.717) is 37.3 Å². The maximum atomic E-state index is 8.09. The molecule has 0 aromatic rings. The molecule has 20 heavy (non-hydrogen) atoms. The molecule has 0 fully saturated rings. The molecule has 0 saturated heterocycles. The van der Waals surface area contributed by atoms with Crippen molar-refractivity contribution in [3.05, 3.63) is 0 Å². The van der Waals surface area contributed by atoms with E-state index in [0.717, 1.165) is 12.8 Å². The van der Waals surface area contributed by atoms with Crippen molar-refractivity contribution < 1.29 is 19.7 Å². The van der Waals surface area contributed by atoms with Crippen LogP contribution in [0.2, 0.25) is 0 Å². The molecule has 0 spiro atoms. The Bertz CT molecular complexity index is 165. The molecular weight excluding hydrogens is 256 g/mol. The first-order chi connectivity index (χ1) is 9.44. The number of hydrogen-bond acceptors (Lipinski definition) is 4. The Hall–Kier alpha value is -0.160. The number of aliphatic hydroxyl groups excluding tert-OH is 2. The Morgan fingerprint density at radius 3 is 1.30 bits per heavy atom. The third kappa shape index (κ3) is 12.9. The van der Waals surface area contributed by atoms with Gasteiger partial charge in [0.25, 0.3) is 0 Å². The van der Waals surface area contributed by atoms with Crippen molar-refractivity contribution in [3.8, 4) is 0 Å². The summed E-state index contributed by atoms with van der Waals surface area (Å²) in [4.78, 5) is 0. The van der Waals surface area contributed by atoms with Gasteiger partial charge >= 0.3 is 0 Å². The van der Waals surface area contributed by atoms with Crippen molar-refractivity contribution in [2.24, 2.45) is 11.8 Å². The van der Waals surface area contributed by atoms with Crippen LogP contribution in [0.1, 0.15) is 54.4 Å². The van der Waals surface area contributed by atoms with Crippen LogP contribution in [0.3, 0.4) is 0 Å². The van der Waals surface area contributed by atoms with Gasteiger partial charge in [0.1, 0.15) is 0 Å². The molecule has 0 aromatic heterocycles. The summed E-state index contributed by atoms with van der Waals surface area (Å²) in [5.74, 6) is 1.27.